The summed E-state index contributed by atoms with van der Waals surface area (Å²) in [5.74, 6) is 0.765. The Kier molecular flexibility index (Phi) is 2.27. The fourth-order valence-corrected chi connectivity index (χ4v) is 2.30. The van der Waals surface area contributed by atoms with Gasteiger partial charge >= 0.3 is 4.94 Å². The minimum absolute atomic E-state index is 0.185. The summed E-state index contributed by atoms with van der Waals surface area (Å²) in [4.78, 5) is 15.0. The van der Waals surface area contributed by atoms with Crippen LogP contribution in [0.3, 0.4) is 0 Å². The molecule has 0 saturated carbocycles. The highest BCUT2D eigenvalue weighted by atomic mass is 32.1. The van der Waals surface area contributed by atoms with Gasteiger partial charge in [-0.1, -0.05) is 22.6 Å². The molecule has 1 aromatic carbocycles. The normalized spacial score (nSPS) is 11.1. The van der Waals surface area contributed by atoms with Crippen molar-refractivity contribution in [3.8, 4) is 11.4 Å². The average molecular weight is 249 g/mol. The standard InChI is InChI=1S/C10H7N3O3S/c11-4-7-12-9(13-16-7)5-2-1-3-6-8(5)17-10(14)15-6/h1-3H,4,11H2. The molecule has 6 nitrogen and oxygen atoms in total. The van der Waals surface area contributed by atoms with Gasteiger partial charge in [0.15, 0.2) is 0 Å². The van der Waals surface area contributed by atoms with Crippen molar-refractivity contribution in [3.05, 3.63) is 33.8 Å². The molecule has 3 aromatic rings. The van der Waals surface area contributed by atoms with Crippen molar-refractivity contribution in [2.45, 2.75) is 6.54 Å². The molecular weight excluding hydrogens is 242 g/mol. The van der Waals surface area contributed by atoms with Crippen molar-refractivity contribution < 1.29 is 8.94 Å². The van der Waals surface area contributed by atoms with Crippen LogP contribution in [0.15, 0.2) is 31.9 Å². The van der Waals surface area contributed by atoms with Crippen molar-refractivity contribution in [2.24, 2.45) is 5.73 Å². The quantitative estimate of drug-likeness (QED) is 0.736. The Hall–Kier alpha value is -1.99. The Balaban J connectivity index is 2.25. The highest BCUT2D eigenvalue weighted by molar-refractivity contribution is 7.16. The van der Waals surface area contributed by atoms with Gasteiger partial charge in [-0.05, 0) is 12.1 Å². The second-order valence-corrected chi connectivity index (χ2v) is 4.25. The molecule has 0 aliphatic carbocycles. The Bertz CT molecular complexity index is 728. The maximum Gasteiger partial charge on any atom is 0.396 e. The van der Waals surface area contributed by atoms with E-state index in [0.29, 0.717) is 27.6 Å². The number of nitrogens with zero attached hydrogens (tertiary/aromatic N) is 2. The molecule has 2 N–H and O–H groups in total. The van der Waals surface area contributed by atoms with Gasteiger partial charge in [0.1, 0.15) is 5.58 Å². The molecule has 86 valence electrons. The summed E-state index contributed by atoms with van der Waals surface area (Å²) >= 11 is 1.02. The van der Waals surface area contributed by atoms with Crippen LogP contribution in [0.4, 0.5) is 0 Å². The number of rotatable bonds is 2. The summed E-state index contributed by atoms with van der Waals surface area (Å²) in [5, 5.41) is 3.81. The van der Waals surface area contributed by atoms with E-state index in [0.717, 1.165) is 11.3 Å². The molecule has 0 radical (unpaired) electrons. The monoisotopic (exact) mass is 249 g/mol. The zero-order valence-electron chi connectivity index (χ0n) is 8.54. The Morgan fingerprint density at radius 1 is 1.41 bits per heavy atom. The lowest BCUT2D eigenvalue weighted by molar-refractivity contribution is 0.380. The largest absolute Gasteiger partial charge is 0.414 e. The molecule has 0 bridgehead atoms. The third kappa shape index (κ3) is 1.65. The molecule has 0 saturated heterocycles. The highest BCUT2D eigenvalue weighted by Gasteiger charge is 2.13. The van der Waals surface area contributed by atoms with Gasteiger partial charge in [0.05, 0.1) is 11.2 Å². The van der Waals surface area contributed by atoms with Crippen LogP contribution in [0, 0.1) is 0 Å². The summed E-state index contributed by atoms with van der Waals surface area (Å²) in [5.41, 5.74) is 6.63. The maximum atomic E-state index is 11.2. The lowest BCUT2D eigenvalue weighted by Gasteiger charge is -1.93. The molecule has 2 aromatic heterocycles. The summed E-state index contributed by atoms with van der Waals surface area (Å²) in [7, 11) is 0. The van der Waals surface area contributed by atoms with Crippen LogP contribution in [-0.4, -0.2) is 10.1 Å². The predicted molar refractivity (Wildman–Crippen MR) is 61.5 cm³/mol. The van der Waals surface area contributed by atoms with Gasteiger partial charge in [-0.25, -0.2) is 4.79 Å². The number of hydrogen-bond donors (Lipinski definition) is 1. The first-order valence-corrected chi connectivity index (χ1v) is 5.65. The number of fused-ring (bicyclic) bond motifs is 1. The highest BCUT2D eigenvalue weighted by Crippen LogP contribution is 2.28. The summed E-state index contributed by atoms with van der Waals surface area (Å²) < 4.78 is 10.7. The fourth-order valence-electron chi connectivity index (χ4n) is 1.52. The molecule has 0 aliphatic heterocycles. The van der Waals surface area contributed by atoms with Gasteiger partial charge in [-0.2, -0.15) is 4.98 Å². The molecule has 3 rings (SSSR count). The molecule has 0 amide bonds. The minimum atomic E-state index is -0.352. The Labute approximate surface area is 98.7 Å². The van der Waals surface area contributed by atoms with E-state index in [-0.39, 0.29) is 11.5 Å². The molecule has 2 heterocycles. The molecule has 0 fully saturated rings. The number of benzene rings is 1. The topological polar surface area (TPSA) is 95.2 Å². The van der Waals surface area contributed by atoms with E-state index in [1.165, 1.54) is 0 Å². The average Bonchev–Trinajstić information content (AvgIpc) is 2.92. The number of nitrogens with two attached hydrogens (primary N) is 1. The predicted octanol–water partition coefficient (Wildman–Crippen LogP) is 1.36. The number of hydrogen-bond acceptors (Lipinski definition) is 7. The molecule has 7 heteroatoms. The van der Waals surface area contributed by atoms with E-state index in [1.54, 1.807) is 18.2 Å². The molecule has 17 heavy (non-hydrogen) atoms. The molecule has 0 spiro atoms. The lowest BCUT2D eigenvalue weighted by Crippen LogP contribution is -1.95. The van der Waals surface area contributed by atoms with Gasteiger partial charge in [-0.15, -0.1) is 0 Å². The fraction of sp³-hybridized carbons (Fsp3) is 0.100. The van der Waals surface area contributed by atoms with Crippen LogP contribution in [0.25, 0.3) is 21.7 Å². The lowest BCUT2D eigenvalue weighted by atomic mass is 10.2. The van der Waals surface area contributed by atoms with Crippen molar-refractivity contribution in [1.29, 1.82) is 0 Å². The van der Waals surface area contributed by atoms with E-state index in [9.17, 15) is 4.79 Å². The van der Waals surface area contributed by atoms with E-state index in [1.807, 2.05) is 0 Å². The van der Waals surface area contributed by atoms with Gasteiger partial charge in [0.2, 0.25) is 11.7 Å². The third-order valence-corrected chi connectivity index (χ3v) is 3.12. The van der Waals surface area contributed by atoms with Gasteiger partial charge in [0, 0.05) is 5.56 Å². The van der Waals surface area contributed by atoms with Crippen molar-refractivity contribution in [1.82, 2.24) is 10.1 Å². The van der Waals surface area contributed by atoms with E-state index >= 15 is 0 Å². The van der Waals surface area contributed by atoms with Crippen LogP contribution >= 0.6 is 11.3 Å². The van der Waals surface area contributed by atoms with Gasteiger partial charge in [0.25, 0.3) is 0 Å². The van der Waals surface area contributed by atoms with E-state index in [4.69, 9.17) is 14.7 Å². The third-order valence-electron chi connectivity index (χ3n) is 2.24. The molecule has 0 aliphatic rings. The van der Waals surface area contributed by atoms with E-state index < -0.39 is 0 Å². The second kappa shape index (κ2) is 3.79. The van der Waals surface area contributed by atoms with E-state index in [2.05, 4.69) is 10.1 Å². The van der Waals surface area contributed by atoms with Crippen LogP contribution in [0.1, 0.15) is 5.89 Å². The first-order valence-electron chi connectivity index (χ1n) is 4.83. The molecule has 0 atom stereocenters. The first-order chi connectivity index (χ1) is 8.28. The van der Waals surface area contributed by atoms with Crippen LogP contribution in [0.5, 0.6) is 0 Å². The minimum Gasteiger partial charge on any atom is -0.414 e. The van der Waals surface area contributed by atoms with Crippen LogP contribution in [-0.2, 0) is 6.54 Å². The van der Waals surface area contributed by atoms with Crippen LogP contribution < -0.4 is 10.7 Å². The number of aromatic nitrogens is 2. The summed E-state index contributed by atoms with van der Waals surface area (Å²) in [6.07, 6.45) is 0. The van der Waals surface area contributed by atoms with Gasteiger partial charge < -0.3 is 14.7 Å². The molecule has 0 unspecified atom stereocenters. The second-order valence-electron chi connectivity index (χ2n) is 3.30. The van der Waals surface area contributed by atoms with Crippen LogP contribution in [0.2, 0.25) is 0 Å². The van der Waals surface area contributed by atoms with Crippen molar-refractivity contribution in [3.63, 3.8) is 0 Å². The smallest absolute Gasteiger partial charge is 0.396 e. The first kappa shape index (κ1) is 10.2. The summed E-state index contributed by atoms with van der Waals surface area (Å²) in [6.45, 7) is 0.185. The maximum absolute atomic E-state index is 11.2. The zero-order valence-corrected chi connectivity index (χ0v) is 9.36. The SMILES string of the molecule is NCc1nc(-c2cccc3oc(=O)sc23)no1. The summed E-state index contributed by atoms with van der Waals surface area (Å²) in [6, 6.07) is 5.30. The van der Waals surface area contributed by atoms with Crippen molar-refractivity contribution in [2.75, 3.05) is 0 Å². The Morgan fingerprint density at radius 3 is 3.06 bits per heavy atom. The Morgan fingerprint density at radius 2 is 2.29 bits per heavy atom. The van der Waals surface area contributed by atoms with Gasteiger partial charge in [-0.3, -0.25) is 0 Å². The zero-order chi connectivity index (χ0) is 11.8. The van der Waals surface area contributed by atoms with Crippen molar-refractivity contribution >= 4 is 21.6 Å². The molecular formula is C10H7N3O3S.